The molecule has 0 unspecified atom stereocenters. The van der Waals surface area contributed by atoms with Crippen molar-refractivity contribution in [2.45, 2.75) is 0 Å². The van der Waals surface area contributed by atoms with Crippen molar-refractivity contribution in [3.05, 3.63) is 102 Å². The molecule has 0 saturated carbocycles. The standard InChI is InChI=1S/C21H18N2O2/c1-25-19-14-12-17(13-15-19)20(16-8-4-2-5-9-16)22-23-21(24)18-10-6-3-7-11-18/h2-15H,1H3,(H,23,24)/b22-20+. The summed E-state index contributed by atoms with van der Waals surface area (Å²) >= 11 is 0. The third-order valence-electron chi connectivity index (χ3n) is 3.72. The van der Waals surface area contributed by atoms with Gasteiger partial charge in [0.15, 0.2) is 0 Å². The summed E-state index contributed by atoms with van der Waals surface area (Å²) in [6, 6.07) is 26.3. The third-order valence-corrected chi connectivity index (χ3v) is 3.72. The minimum atomic E-state index is -0.248. The first-order valence-corrected chi connectivity index (χ1v) is 7.91. The Morgan fingerprint density at radius 2 is 1.28 bits per heavy atom. The molecule has 0 radical (unpaired) electrons. The molecule has 4 nitrogen and oxygen atoms in total. The number of carbonyl (C=O) groups excluding carboxylic acids is 1. The van der Waals surface area contributed by atoms with Gasteiger partial charge >= 0.3 is 0 Å². The Morgan fingerprint density at radius 1 is 0.760 bits per heavy atom. The summed E-state index contributed by atoms with van der Waals surface area (Å²) in [5.41, 5.74) is 5.70. The fraction of sp³-hybridized carbons (Fsp3) is 0.0476. The number of amides is 1. The third kappa shape index (κ3) is 4.12. The second-order valence-corrected chi connectivity index (χ2v) is 5.36. The van der Waals surface area contributed by atoms with Crippen LogP contribution in [-0.2, 0) is 0 Å². The van der Waals surface area contributed by atoms with E-state index in [0.29, 0.717) is 11.3 Å². The normalized spacial score (nSPS) is 11.0. The predicted molar refractivity (Wildman–Crippen MR) is 99.0 cm³/mol. The molecule has 0 aliphatic carbocycles. The lowest BCUT2D eigenvalue weighted by Gasteiger charge is -2.09. The van der Waals surface area contributed by atoms with Gasteiger partial charge in [-0.15, -0.1) is 0 Å². The highest BCUT2D eigenvalue weighted by Crippen LogP contribution is 2.15. The van der Waals surface area contributed by atoms with E-state index >= 15 is 0 Å². The SMILES string of the molecule is COc1ccc(/C(=N/NC(=O)c2ccccc2)c2ccccc2)cc1. The molecule has 25 heavy (non-hydrogen) atoms. The summed E-state index contributed by atoms with van der Waals surface area (Å²) in [6.45, 7) is 0. The highest BCUT2D eigenvalue weighted by molar-refractivity contribution is 6.13. The van der Waals surface area contributed by atoms with Gasteiger partial charge in [0, 0.05) is 16.7 Å². The van der Waals surface area contributed by atoms with Crippen molar-refractivity contribution < 1.29 is 9.53 Å². The predicted octanol–water partition coefficient (Wildman–Crippen LogP) is 3.88. The first-order valence-electron chi connectivity index (χ1n) is 7.91. The summed E-state index contributed by atoms with van der Waals surface area (Å²) in [7, 11) is 1.63. The van der Waals surface area contributed by atoms with E-state index in [2.05, 4.69) is 10.5 Å². The van der Waals surface area contributed by atoms with Crippen LogP contribution in [0.4, 0.5) is 0 Å². The molecule has 1 N–H and O–H groups in total. The monoisotopic (exact) mass is 330 g/mol. The second kappa shape index (κ2) is 7.93. The van der Waals surface area contributed by atoms with Gasteiger partial charge in [-0.25, -0.2) is 5.43 Å². The van der Waals surface area contributed by atoms with Crippen LogP contribution < -0.4 is 10.2 Å². The summed E-state index contributed by atoms with van der Waals surface area (Å²) in [4.78, 5) is 12.3. The van der Waals surface area contributed by atoms with E-state index in [1.54, 1.807) is 19.2 Å². The minimum Gasteiger partial charge on any atom is -0.497 e. The van der Waals surface area contributed by atoms with Gasteiger partial charge in [0.05, 0.1) is 12.8 Å². The number of nitrogens with one attached hydrogen (secondary N) is 1. The van der Waals surface area contributed by atoms with Crippen LogP contribution in [0.3, 0.4) is 0 Å². The molecule has 0 aliphatic heterocycles. The van der Waals surface area contributed by atoms with E-state index in [1.807, 2.05) is 72.8 Å². The summed E-state index contributed by atoms with van der Waals surface area (Å²) < 4.78 is 5.20. The fourth-order valence-electron chi connectivity index (χ4n) is 2.40. The number of rotatable bonds is 5. The highest BCUT2D eigenvalue weighted by atomic mass is 16.5. The Morgan fingerprint density at radius 3 is 1.84 bits per heavy atom. The van der Waals surface area contributed by atoms with Gasteiger partial charge in [-0.3, -0.25) is 4.79 Å². The van der Waals surface area contributed by atoms with Gasteiger partial charge in [0.2, 0.25) is 0 Å². The van der Waals surface area contributed by atoms with E-state index in [4.69, 9.17) is 4.74 Å². The van der Waals surface area contributed by atoms with E-state index in [0.717, 1.165) is 16.9 Å². The van der Waals surface area contributed by atoms with Crippen LogP contribution in [0.25, 0.3) is 0 Å². The molecule has 0 heterocycles. The van der Waals surface area contributed by atoms with Crippen LogP contribution in [0.5, 0.6) is 5.75 Å². The Bertz CT molecular complexity index is 857. The highest BCUT2D eigenvalue weighted by Gasteiger charge is 2.09. The van der Waals surface area contributed by atoms with E-state index < -0.39 is 0 Å². The molecule has 124 valence electrons. The first-order chi connectivity index (χ1) is 12.3. The molecule has 0 aromatic heterocycles. The molecule has 0 fully saturated rings. The van der Waals surface area contributed by atoms with E-state index in [-0.39, 0.29) is 5.91 Å². The zero-order valence-electron chi connectivity index (χ0n) is 13.8. The van der Waals surface area contributed by atoms with Crippen molar-refractivity contribution >= 4 is 11.6 Å². The van der Waals surface area contributed by atoms with Crippen LogP contribution in [-0.4, -0.2) is 18.7 Å². The lowest BCUT2D eigenvalue weighted by Crippen LogP contribution is -2.20. The topological polar surface area (TPSA) is 50.7 Å². The Balaban J connectivity index is 1.92. The van der Waals surface area contributed by atoms with Gasteiger partial charge in [-0.1, -0.05) is 48.5 Å². The van der Waals surface area contributed by atoms with E-state index in [1.165, 1.54) is 0 Å². The van der Waals surface area contributed by atoms with Crippen molar-refractivity contribution in [1.29, 1.82) is 0 Å². The lowest BCUT2D eigenvalue weighted by molar-refractivity contribution is 0.0955. The fourth-order valence-corrected chi connectivity index (χ4v) is 2.40. The summed E-state index contributed by atoms with van der Waals surface area (Å²) in [5.74, 6) is 0.520. The van der Waals surface area contributed by atoms with Gasteiger partial charge in [-0.05, 0) is 36.4 Å². The first kappa shape index (κ1) is 16.5. The number of benzene rings is 3. The quantitative estimate of drug-likeness (QED) is 0.570. The maximum Gasteiger partial charge on any atom is 0.271 e. The lowest BCUT2D eigenvalue weighted by atomic mass is 10.0. The molecule has 0 bridgehead atoms. The minimum absolute atomic E-state index is 0.248. The Kier molecular flexibility index (Phi) is 5.22. The van der Waals surface area contributed by atoms with Crippen molar-refractivity contribution in [3.8, 4) is 5.75 Å². The molecular formula is C21H18N2O2. The van der Waals surface area contributed by atoms with Crippen molar-refractivity contribution in [1.82, 2.24) is 5.43 Å². The van der Waals surface area contributed by atoms with Gasteiger partial charge in [0.25, 0.3) is 5.91 Å². The van der Waals surface area contributed by atoms with Crippen LogP contribution in [0.15, 0.2) is 90.0 Å². The number of hydrazone groups is 1. The molecule has 4 heteroatoms. The number of ether oxygens (including phenoxy) is 1. The number of methoxy groups -OCH3 is 1. The molecule has 3 aromatic rings. The van der Waals surface area contributed by atoms with Gasteiger partial charge in [0.1, 0.15) is 5.75 Å². The molecular weight excluding hydrogens is 312 g/mol. The van der Waals surface area contributed by atoms with Gasteiger partial charge < -0.3 is 4.74 Å². The van der Waals surface area contributed by atoms with Crippen molar-refractivity contribution in [2.75, 3.05) is 7.11 Å². The van der Waals surface area contributed by atoms with Crippen molar-refractivity contribution in [2.24, 2.45) is 5.10 Å². The zero-order chi connectivity index (χ0) is 17.5. The summed E-state index contributed by atoms with van der Waals surface area (Å²) in [5, 5.41) is 4.37. The molecule has 3 rings (SSSR count). The molecule has 0 atom stereocenters. The van der Waals surface area contributed by atoms with Gasteiger partial charge in [-0.2, -0.15) is 5.10 Å². The molecule has 1 amide bonds. The van der Waals surface area contributed by atoms with Crippen LogP contribution in [0.2, 0.25) is 0 Å². The van der Waals surface area contributed by atoms with E-state index in [9.17, 15) is 4.79 Å². The average Bonchev–Trinajstić information content (AvgIpc) is 2.70. The number of nitrogens with zero attached hydrogens (tertiary/aromatic N) is 1. The van der Waals surface area contributed by atoms with Crippen LogP contribution >= 0.6 is 0 Å². The molecule has 3 aromatic carbocycles. The number of hydrogen-bond acceptors (Lipinski definition) is 3. The van der Waals surface area contributed by atoms with Crippen molar-refractivity contribution in [3.63, 3.8) is 0 Å². The molecule has 0 saturated heterocycles. The average molecular weight is 330 g/mol. The van der Waals surface area contributed by atoms with Crippen LogP contribution in [0.1, 0.15) is 21.5 Å². The maximum absolute atomic E-state index is 12.3. The smallest absolute Gasteiger partial charge is 0.271 e. The number of hydrogen-bond donors (Lipinski definition) is 1. The largest absolute Gasteiger partial charge is 0.497 e. The van der Waals surface area contributed by atoms with Crippen LogP contribution in [0, 0.1) is 0 Å². The molecule has 0 spiro atoms. The molecule has 0 aliphatic rings. The zero-order valence-corrected chi connectivity index (χ0v) is 13.8. The Labute approximate surface area is 146 Å². The summed E-state index contributed by atoms with van der Waals surface area (Å²) in [6.07, 6.45) is 0. The second-order valence-electron chi connectivity index (χ2n) is 5.36. The maximum atomic E-state index is 12.3. The number of carbonyl (C=O) groups is 1. The Hall–Kier alpha value is -3.40.